The van der Waals surface area contributed by atoms with E-state index in [1.165, 1.54) is 26.2 Å². The van der Waals surface area contributed by atoms with Crippen LogP contribution in [0.1, 0.15) is 49.4 Å². The smallest absolute Gasteiger partial charge is 0.251 e. The van der Waals surface area contributed by atoms with Crippen molar-refractivity contribution < 1.29 is 9.59 Å². The van der Waals surface area contributed by atoms with E-state index in [0.29, 0.717) is 17.8 Å². The minimum atomic E-state index is -0.142. The zero-order chi connectivity index (χ0) is 16.9. The minimum Gasteiger partial charge on any atom is -0.350 e. The third kappa shape index (κ3) is 4.55. The van der Waals surface area contributed by atoms with Gasteiger partial charge in [-0.3, -0.25) is 9.59 Å². The fourth-order valence-electron chi connectivity index (χ4n) is 3.28. The molecule has 126 valence electrons. The Balaban J connectivity index is 2.02. The molecule has 0 atom stereocenters. The molecule has 1 aromatic rings. The van der Waals surface area contributed by atoms with E-state index in [2.05, 4.69) is 29.6 Å². The summed E-state index contributed by atoms with van der Waals surface area (Å²) >= 11 is 0. The first-order chi connectivity index (χ1) is 10.9. The fourth-order valence-corrected chi connectivity index (χ4v) is 3.28. The van der Waals surface area contributed by atoms with Crippen LogP contribution in [0, 0.1) is 0 Å². The van der Waals surface area contributed by atoms with Gasteiger partial charge in [0.05, 0.1) is 0 Å². The molecule has 1 aliphatic carbocycles. The van der Waals surface area contributed by atoms with Gasteiger partial charge in [0.2, 0.25) is 5.91 Å². The summed E-state index contributed by atoms with van der Waals surface area (Å²) in [4.78, 5) is 25.8. The highest BCUT2D eigenvalue weighted by Gasteiger charge is 2.34. The fraction of sp³-hybridized carbons (Fsp3) is 0.556. The lowest BCUT2D eigenvalue weighted by Gasteiger charge is -2.43. The summed E-state index contributed by atoms with van der Waals surface area (Å²) in [6.45, 7) is 2.11. The Bertz CT molecular complexity index is 563. The van der Waals surface area contributed by atoms with Gasteiger partial charge in [-0.2, -0.15) is 0 Å². The maximum atomic E-state index is 12.4. The van der Waals surface area contributed by atoms with Crippen LogP contribution in [0.2, 0.25) is 0 Å². The van der Waals surface area contributed by atoms with Gasteiger partial charge in [-0.05, 0) is 45.1 Å². The summed E-state index contributed by atoms with van der Waals surface area (Å²) in [5.41, 5.74) is 1.27. The number of anilines is 1. The van der Waals surface area contributed by atoms with E-state index in [4.69, 9.17) is 0 Å². The molecule has 23 heavy (non-hydrogen) atoms. The van der Waals surface area contributed by atoms with Crippen LogP contribution in [0.15, 0.2) is 24.3 Å². The summed E-state index contributed by atoms with van der Waals surface area (Å²) in [7, 11) is 4.18. The topological polar surface area (TPSA) is 61.4 Å². The molecule has 0 unspecified atom stereocenters. The van der Waals surface area contributed by atoms with Crippen LogP contribution >= 0.6 is 0 Å². The molecule has 2 amide bonds. The van der Waals surface area contributed by atoms with Gasteiger partial charge in [0.1, 0.15) is 0 Å². The standard InChI is InChI=1S/C18H27N3O2/c1-14(22)20-16-9-7-8-15(12-16)17(23)19-13-18(21(2)3)10-5-4-6-11-18/h7-9,12H,4-6,10-11,13H2,1-3H3,(H,19,23)(H,20,22). The monoisotopic (exact) mass is 317 g/mol. The number of carbonyl (C=O) groups is 2. The molecular formula is C18H27N3O2. The normalized spacial score (nSPS) is 16.9. The largest absolute Gasteiger partial charge is 0.350 e. The number of amides is 2. The number of likely N-dealkylation sites (N-methyl/N-ethyl adjacent to an activating group) is 1. The average molecular weight is 317 g/mol. The second-order valence-corrected chi connectivity index (χ2v) is 6.62. The molecule has 0 radical (unpaired) electrons. The van der Waals surface area contributed by atoms with Gasteiger partial charge in [0.15, 0.2) is 0 Å². The first kappa shape index (κ1) is 17.5. The SMILES string of the molecule is CC(=O)Nc1cccc(C(=O)NCC2(N(C)C)CCCCC2)c1. The molecule has 5 nitrogen and oxygen atoms in total. The second kappa shape index (κ2) is 7.59. The molecule has 2 rings (SSSR count). The van der Waals surface area contributed by atoms with Crippen LogP contribution in [0.25, 0.3) is 0 Å². The van der Waals surface area contributed by atoms with Gasteiger partial charge < -0.3 is 15.5 Å². The van der Waals surface area contributed by atoms with Crippen molar-refractivity contribution in [2.75, 3.05) is 26.0 Å². The Morgan fingerprint density at radius 1 is 1.17 bits per heavy atom. The predicted octanol–water partition coefficient (Wildman–Crippen LogP) is 2.64. The lowest BCUT2D eigenvalue weighted by Crippen LogP contribution is -2.53. The van der Waals surface area contributed by atoms with Crippen LogP contribution in [-0.4, -0.2) is 42.9 Å². The first-order valence-electron chi connectivity index (χ1n) is 8.26. The summed E-state index contributed by atoms with van der Waals surface area (Å²) < 4.78 is 0. The zero-order valence-electron chi connectivity index (χ0n) is 14.3. The summed E-state index contributed by atoms with van der Waals surface area (Å²) in [5.74, 6) is -0.236. The number of nitrogens with zero attached hydrogens (tertiary/aromatic N) is 1. The van der Waals surface area contributed by atoms with E-state index in [1.807, 2.05) is 0 Å². The number of hydrogen-bond donors (Lipinski definition) is 2. The quantitative estimate of drug-likeness (QED) is 0.877. The number of benzene rings is 1. The Labute approximate surface area is 138 Å². The van der Waals surface area contributed by atoms with Crippen molar-refractivity contribution >= 4 is 17.5 Å². The van der Waals surface area contributed by atoms with Crippen LogP contribution in [0.3, 0.4) is 0 Å². The van der Waals surface area contributed by atoms with E-state index in [-0.39, 0.29) is 17.4 Å². The van der Waals surface area contributed by atoms with Crippen molar-refractivity contribution in [2.45, 2.75) is 44.6 Å². The number of rotatable bonds is 5. The van der Waals surface area contributed by atoms with E-state index >= 15 is 0 Å². The molecule has 2 N–H and O–H groups in total. The van der Waals surface area contributed by atoms with Crippen LogP contribution < -0.4 is 10.6 Å². The van der Waals surface area contributed by atoms with E-state index < -0.39 is 0 Å². The second-order valence-electron chi connectivity index (χ2n) is 6.62. The molecule has 5 heteroatoms. The molecule has 0 saturated heterocycles. The third-order valence-electron chi connectivity index (χ3n) is 4.76. The highest BCUT2D eigenvalue weighted by atomic mass is 16.2. The molecular weight excluding hydrogens is 290 g/mol. The molecule has 0 aromatic heterocycles. The minimum absolute atomic E-state index is 0.0587. The lowest BCUT2D eigenvalue weighted by molar-refractivity contribution is -0.114. The maximum absolute atomic E-state index is 12.4. The molecule has 1 aliphatic rings. The summed E-state index contributed by atoms with van der Waals surface area (Å²) in [6.07, 6.45) is 5.94. The van der Waals surface area contributed by atoms with Crippen molar-refractivity contribution in [1.82, 2.24) is 10.2 Å². The van der Waals surface area contributed by atoms with Gasteiger partial charge in [-0.15, -0.1) is 0 Å². The van der Waals surface area contributed by atoms with E-state index in [1.54, 1.807) is 24.3 Å². The van der Waals surface area contributed by atoms with Crippen molar-refractivity contribution in [3.05, 3.63) is 29.8 Å². The van der Waals surface area contributed by atoms with Crippen molar-refractivity contribution in [1.29, 1.82) is 0 Å². The average Bonchev–Trinajstić information content (AvgIpc) is 2.53. The molecule has 0 bridgehead atoms. The number of nitrogens with one attached hydrogen (secondary N) is 2. The van der Waals surface area contributed by atoms with Crippen molar-refractivity contribution in [3.63, 3.8) is 0 Å². The van der Waals surface area contributed by atoms with Gasteiger partial charge >= 0.3 is 0 Å². The highest BCUT2D eigenvalue weighted by molar-refractivity contribution is 5.96. The highest BCUT2D eigenvalue weighted by Crippen LogP contribution is 2.31. The van der Waals surface area contributed by atoms with Gasteiger partial charge in [-0.1, -0.05) is 25.3 Å². The molecule has 1 fully saturated rings. The number of carbonyl (C=O) groups excluding carboxylic acids is 2. The Morgan fingerprint density at radius 3 is 2.48 bits per heavy atom. The zero-order valence-corrected chi connectivity index (χ0v) is 14.3. The summed E-state index contributed by atoms with van der Waals surface area (Å²) in [5, 5.41) is 5.78. The van der Waals surface area contributed by atoms with Crippen molar-refractivity contribution in [3.8, 4) is 0 Å². The Hall–Kier alpha value is -1.88. The Kier molecular flexibility index (Phi) is 5.77. The molecule has 1 aromatic carbocycles. The maximum Gasteiger partial charge on any atom is 0.251 e. The predicted molar refractivity (Wildman–Crippen MR) is 92.6 cm³/mol. The third-order valence-corrected chi connectivity index (χ3v) is 4.76. The molecule has 0 heterocycles. The van der Waals surface area contributed by atoms with Crippen LogP contribution in [-0.2, 0) is 4.79 Å². The van der Waals surface area contributed by atoms with Gasteiger partial charge in [-0.25, -0.2) is 0 Å². The van der Waals surface area contributed by atoms with Crippen LogP contribution in [0.5, 0.6) is 0 Å². The van der Waals surface area contributed by atoms with Crippen LogP contribution in [0.4, 0.5) is 5.69 Å². The lowest BCUT2D eigenvalue weighted by atomic mass is 9.80. The van der Waals surface area contributed by atoms with Crippen molar-refractivity contribution in [2.24, 2.45) is 0 Å². The van der Waals surface area contributed by atoms with Gasteiger partial charge in [0, 0.05) is 30.3 Å². The van der Waals surface area contributed by atoms with Gasteiger partial charge in [0.25, 0.3) is 5.91 Å². The molecule has 1 saturated carbocycles. The Morgan fingerprint density at radius 2 is 1.87 bits per heavy atom. The summed E-state index contributed by atoms with van der Waals surface area (Å²) in [6, 6.07) is 7.03. The first-order valence-corrected chi connectivity index (χ1v) is 8.26. The van der Waals surface area contributed by atoms with E-state index in [0.717, 1.165) is 12.8 Å². The van der Waals surface area contributed by atoms with E-state index in [9.17, 15) is 9.59 Å². The molecule has 0 spiro atoms. The number of hydrogen-bond acceptors (Lipinski definition) is 3. The molecule has 0 aliphatic heterocycles.